The molecule has 2 spiro atoms. The van der Waals surface area contributed by atoms with E-state index in [4.69, 9.17) is 0 Å². The van der Waals surface area contributed by atoms with Crippen LogP contribution in [0.25, 0.3) is 0 Å². The van der Waals surface area contributed by atoms with Crippen molar-refractivity contribution >= 4 is 11.8 Å². The van der Waals surface area contributed by atoms with Gasteiger partial charge in [-0.3, -0.25) is 4.79 Å². The molecular weight excluding hydrogens is 677 g/mol. The Morgan fingerprint density at radius 3 is 2.34 bits per heavy atom. The highest BCUT2D eigenvalue weighted by molar-refractivity contribution is 6.10. The molecule has 6 nitrogen and oxygen atoms in total. The van der Waals surface area contributed by atoms with E-state index >= 15 is 0 Å². The van der Waals surface area contributed by atoms with Crippen LogP contribution in [0.3, 0.4) is 0 Å². The smallest absolute Gasteiger partial charge is 0.393 e. The maximum absolute atomic E-state index is 14.9. The predicted octanol–water partition coefficient (Wildman–Crippen LogP) is 8.97. The summed E-state index contributed by atoms with van der Waals surface area (Å²) in [6, 6.07) is 4.55. The van der Waals surface area contributed by atoms with Gasteiger partial charge in [0, 0.05) is 40.0 Å². The highest BCUT2D eigenvalue weighted by atomic mass is 19.4. The molecule has 9 aliphatic carbocycles. The first-order valence-corrected chi connectivity index (χ1v) is 20.3. The van der Waals surface area contributed by atoms with E-state index in [1.54, 1.807) is 0 Å². The van der Waals surface area contributed by atoms with Crippen molar-refractivity contribution in [3.05, 3.63) is 59.2 Å². The highest BCUT2D eigenvalue weighted by Gasteiger charge is 2.74. The number of benzene rings is 1. The molecule has 0 heterocycles. The molecule has 10 rings (SSSR count). The molecule has 11 atom stereocenters. The van der Waals surface area contributed by atoms with Gasteiger partial charge < -0.3 is 20.4 Å². The number of Topliss-reactive ketones (excluding diaryl/α,β-unsaturated/α-hetero) is 1. The zero-order valence-electron chi connectivity index (χ0n) is 32.4. The van der Waals surface area contributed by atoms with Gasteiger partial charge in [0.05, 0.1) is 23.8 Å². The Hall–Kier alpha value is -2.65. The summed E-state index contributed by atoms with van der Waals surface area (Å²) in [7, 11) is 0. The van der Waals surface area contributed by atoms with E-state index in [0.29, 0.717) is 56.1 Å². The lowest BCUT2D eigenvalue weighted by Gasteiger charge is -2.71. The molecule has 290 valence electrons. The molecule has 3 N–H and O–H groups in total. The van der Waals surface area contributed by atoms with E-state index in [9.17, 15) is 33.0 Å². The number of ketones is 1. The van der Waals surface area contributed by atoms with Crippen LogP contribution >= 0.6 is 0 Å². The van der Waals surface area contributed by atoms with Gasteiger partial charge in [-0.25, -0.2) is 4.79 Å². The summed E-state index contributed by atoms with van der Waals surface area (Å²) in [6.07, 6.45) is 9.22. The van der Waals surface area contributed by atoms with Gasteiger partial charge in [-0.1, -0.05) is 58.1 Å². The molecule has 9 aliphatic rings. The van der Waals surface area contributed by atoms with Crippen LogP contribution in [0.1, 0.15) is 122 Å². The number of aliphatic hydroxyl groups is 2. The second-order valence-corrected chi connectivity index (χ2v) is 19.9. The fourth-order valence-electron chi connectivity index (χ4n) is 13.9. The van der Waals surface area contributed by atoms with Gasteiger partial charge in [0.15, 0.2) is 5.78 Å². The van der Waals surface area contributed by atoms with E-state index in [0.717, 1.165) is 37.3 Å². The summed E-state index contributed by atoms with van der Waals surface area (Å²) in [6.45, 7) is 13.9. The summed E-state index contributed by atoms with van der Waals surface area (Å²) in [5.74, 6) is 1.09. The van der Waals surface area contributed by atoms with Gasteiger partial charge in [-0.15, -0.1) is 0 Å². The van der Waals surface area contributed by atoms with Crippen LogP contribution in [-0.2, 0) is 6.18 Å². The van der Waals surface area contributed by atoms with Crippen molar-refractivity contribution in [2.75, 3.05) is 13.1 Å². The Labute approximate surface area is 313 Å². The Morgan fingerprint density at radius 1 is 0.962 bits per heavy atom. The number of carbonyl (C=O) groups excluding carboxylic acids is 2. The van der Waals surface area contributed by atoms with E-state index < -0.39 is 45.5 Å². The van der Waals surface area contributed by atoms with Gasteiger partial charge in [0.1, 0.15) is 0 Å². The number of carbonyl (C=O) groups is 2. The molecule has 4 bridgehead atoms. The first-order valence-electron chi connectivity index (χ1n) is 20.3. The third-order valence-electron chi connectivity index (χ3n) is 17.0. The van der Waals surface area contributed by atoms with Crippen LogP contribution in [0.5, 0.6) is 0 Å². The number of aliphatic hydroxyl groups excluding tert-OH is 1. The number of amides is 2. The Morgan fingerprint density at radius 2 is 1.66 bits per heavy atom. The molecule has 9 heteroatoms. The van der Waals surface area contributed by atoms with Gasteiger partial charge in [-0.2, -0.15) is 13.2 Å². The average Bonchev–Trinajstić information content (AvgIpc) is 3.36. The van der Waals surface area contributed by atoms with Crippen LogP contribution in [0, 0.1) is 56.7 Å². The maximum atomic E-state index is 14.9. The average molecular weight is 737 g/mol. The van der Waals surface area contributed by atoms with Crippen molar-refractivity contribution in [3.63, 3.8) is 0 Å². The molecule has 0 saturated heterocycles. The number of nitrogens with zero attached hydrogens (tertiary/aromatic N) is 1. The first-order chi connectivity index (χ1) is 24.7. The monoisotopic (exact) mass is 736 g/mol. The number of hydrogen-bond acceptors (Lipinski definition) is 4. The number of rotatable bonds is 7. The van der Waals surface area contributed by atoms with Gasteiger partial charge >= 0.3 is 12.2 Å². The van der Waals surface area contributed by atoms with E-state index in [-0.39, 0.29) is 46.8 Å². The quantitative estimate of drug-likeness (QED) is 0.193. The molecule has 6 saturated carbocycles. The highest BCUT2D eigenvalue weighted by Crippen LogP contribution is 2.78. The minimum Gasteiger partial charge on any atom is -0.393 e. The second kappa shape index (κ2) is 11.9. The van der Waals surface area contributed by atoms with Crippen LogP contribution < -0.4 is 5.32 Å². The molecular formula is C44H59F3N2O4. The fourth-order valence-corrected chi connectivity index (χ4v) is 13.9. The molecule has 1 aromatic rings. The zero-order valence-corrected chi connectivity index (χ0v) is 32.4. The second-order valence-electron chi connectivity index (χ2n) is 19.9. The summed E-state index contributed by atoms with van der Waals surface area (Å²) >= 11 is 0. The van der Waals surface area contributed by atoms with E-state index in [2.05, 4.69) is 45.2 Å². The van der Waals surface area contributed by atoms with Crippen molar-refractivity contribution in [2.24, 2.45) is 56.7 Å². The van der Waals surface area contributed by atoms with Crippen LogP contribution in [0.4, 0.5) is 18.0 Å². The van der Waals surface area contributed by atoms with Crippen molar-refractivity contribution in [2.45, 2.75) is 130 Å². The summed E-state index contributed by atoms with van der Waals surface area (Å²) in [5.41, 5.74) is -3.63. The maximum Gasteiger partial charge on any atom is 0.416 e. The van der Waals surface area contributed by atoms with Gasteiger partial charge in [-0.05, 0) is 131 Å². The number of alkyl halides is 3. The number of halogens is 3. The number of urea groups is 1. The number of allylic oxidation sites excluding steroid dienone is 4. The molecule has 0 radical (unpaired) electrons. The van der Waals surface area contributed by atoms with Crippen LogP contribution in [-0.4, -0.2) is 57.8 Å². The topological polar surface area (TPSA) is 89.9 Å². The van der Waals surface area contributed by atoms with Crippen LogP contribution in [0.15, 0.2) is 48.1 Å². The lowest BCUT2D eigenvalue weighted by molar-refractivity contribution is -0.176. The lowest BCUT2D eigenvalue weighted by atomic mass is 9.32. The van der Waals surface area contributed by atoms with Crippen molar-refractivity contribution in [3.8, 4) is 0 Å². The fraction of sp³-hybridized carbons (Fsp3) is 0.727. The van der Waals surface area contributed by atoms with Crippen molar-refractivity contribution < 1.29 is 33.0 Å². The lowest BCUT2D eigenvalue weighted by Crippen LogP contribution is -2.67. The van der Waals surface area contributed by atoms with E-state index in [1.165, 1.54) is 25.0 Å². The zero-order chi connectivity index (χ0) is 38.1. The Bertz CT molecular complexity index is 1750. The van der Waals surface area contributed by atoms with Crippen molar-refractivity contribution in [1.82, 2.24) is 10.2 Å². The Kier molecular flexibility index (Phi) is 8.39. The normalized spacial score (nSPS) is 43.3. The van der Waals surface area contributed by atoms with Crippen LogP contribution in [0.2, 0.25) is 0 Å². The van der Waals surface area contributed by atoms with Crippen molar-refractivity contribution in [1.29, 1.82) is 0 Å². The minimum absolute atomic E-state index is 0.0130. The first kappa shape index (κ1) is 37.3. The molecule has 0 aromatic heterocycles. The number of hydrogen-bond donors (Lipinski definition) is 3. The number of fused-ring (bicyclic) bond motifs is 3. The van der Waals surface area contributed by atoms with Gasteiger partial charge in [0.25, 0.3) is 0 Å². The summed E-state index contributed by atoms with van der Waals surface area (Å²) in [4.78, 5) is 30.8. The third-order valence-corrected chi connectivity index (χ3v) is 17.0. The standard InChI is InChI=1S/C44H59F3N2O4/c1-26(2)48-37(52)49(24-28-10-11-29-21-32(28)38(29,3)4)25-42(53)17-14-35-40(42,6)16-13-34-39(5)15-12-31(50)22-41(39)18-19-43(34,35)33(23-41)36(51)27-8-7-9-30(20-27)44(45,46)47/h7-9,18-20,23,26,28-29,31-32,34-35,50,53H,10-17,21-22,24-25H2,1-6H3,(H,48,52)/t28-,29-,31?,32-,34+,35+,39+,40-,41-,42+,43+/m0/s1. The summed E-state index contributed by atoms with van der Waals surface area (Å²) in [5, 5.41) is 27.2. The molecule has 0 aliphatic heterocycles. The largest absolute Gasteiger partial charge is 0.416 e. The predicted molar refractivity (Wildman–Crippen MR) is 198 cm³/mol. The SMILES string of the molecule is CC(C)NC(=O)N(C[C@@H]1CC[C@H]2C[C@@H]1C2(C)C)C[C@]1(O)CC[C@H]2[C@]34C=C[C@@]5(C=C3C(=O)c3cccc(C(F)(F)F)c3)CC(O)CC[C@]5(C)[C@H]4CC[C@@]21C. The molecule has 53 heavy (non-hydrogen) atoms. The molecule has 6 fully saturated rings. The van der Waals surface area contributed by atoms with E-state index in [1.807, 2.05) is 24.8 Å². The molecule has 1 aromatic carbocycles. The third kappa shape index (κ3) is 5.17. The Balaban J connectivity index is 1.19. The number of nitrogens with one attached hydrogen (secondary N) is 1. The van der Waals surface area contributed by atoms with Gasteiger partial charge in [0.2, 0.25) is 0 Å². The molecule has 2 amide bonds. The minimum atomic E-state index is -4.59. The summed E-state index contributed by atoms with van der Waals surface area (Å²) < 4.78 is 41.8. The molecule has 1 unspecified atom stereocenters.